The number of anilines is 1. The molecule has 1 fully saturated rings. The van der Waals surface area contributed by atoms with E-state index in [1.165, 1.54) is 4.90 Å². The molecule has 0 spiro atoms. The maximum Gasteiger partial charge on any atom is 0.270 e. The van der Waals surface area contributed by atoms with Crippen molar-refractivity contribution < 1.29 is 22.8 Å². The van der Waals surface area contributed by atoms with Crippen LogP contribution in [0.3, 0.4) is 0 Å². The Balaban J connectivity index is 1.44. The SMILES string of the molecule is Cc1cc[nH]c(=O)c1-c1ccc(C(=O)N2CC[C@H](C(=O)Nc3cc(F)c(F)c(F)c3)C2)[nH]1. The lowest BCUT2D eigenvalue weighted by Crippen LogP contribution is -2.31. The lowest BCUT2D eigenvalue weighted by molar-refractivity contribution is -0.119. The van der Waals surface area contributed by atoms with Crippen molar-refractivity contribution in [3.63, 3.8) is 0 Å². The molecule has 1 aliphatic rings. The molecule has 3 aromatic rings. The van der Waals surface area contributed by atoms with E-state index in [1.807, 2.05) is 0 Å². The summed E-state index contributed by atoms with van der Waals surface area (Å²) in [7, 11) is 0. The number of carbonyl (C=O) groups is 2. The van der Waals surface area contributed by atoms with Crippen molar-refractivity contribution in [2.24, 2.45) is 5.92 Å². The number of amides is 2. The molecule has 0 unspecified atom stereocenters. The van der Waals surface area contributed by atoms with Gasteiger partial charge in [0.25, 0.3) is 11.5 Å². The van der Waals surface area contributed by atoms with Crippen LogP contribution in [0, 0.1) is 30.3 Å². The summed E-state index contributed by atoms with van der Waals surface area (Å²) >= 11 is 0. The summed E-state index contributed by atoms with van der Waals surface area (Å²) in [6.45, 7) is 2.20. The Bertz CT molecular complexity index is 1240. The van der Waals surface area contributed by atoms with Gasteiger partial charge in [-0.1, -0.05) is 0 Å². The zero-order chi connectivity index (χ0) is 23.0. The van der Waals surface area contributed by atoms with E-state index < -0.39 is 29.3 Å². The number of aromatic amines is 2. The minimum Gasteiger partial charge on any atom is -0.350 e. The van der Waals surface area contributed by atoms with Crippen LogP contribution >= 0.6 is 0 Å². The fourth-order valence-electron chi connectivity index (χ4n) is 3.78. The third-order valence-corrected chi connectivity index (χ3v) is 5.45. The number of halogens is 3. The van der Waals surface area contributed by atoms with E-state index in [4.69, 9.17) is 0 Å². The van der Waals surface area contributed by atoms with Crippen LogP contribution in [0.25, 0.3) is 11.3 Å². The van der Waals surface area contributed by atoms with E-state index in [1.54, 1.807) is 31.3 Å². The largest absolute Gasteiger partial charge is 0.350 e. The number of likely N-dealkylation sites (tertiary alicyclic amines) is 1. The number of nitrogens with one attached hydrogen (secondary N) is 3. The number of rotatable bonds is 4. The number of aryl methyl sites for hydroxylation is 1. The van der Waals surface area contributed by atoms with E-state index in [0.29, 0.717) is 36.4 Å². The number of hydrogen-bond acceptors (Lipinski definition) is 3. The minimum atomic E-state index is -1.61. The molecule has 0 radical (unpaired) electrons. The van der Waals surface area contributed by atoms with Crippen molar-refractivity contribution >= 4 is 17.5 Å². The molecular weight excluding hydrogens is 425 g/mol. The standard InChI is InChI=1S/C22H19F3N4O3/c1-11-4-6-26-21(31)18(11)16-2-3-17(28-16)22(32)29-7-5-12(10-29)20(30)27-13-8-14(23)19(25)15(24)9-13/h2-4,6,8-9,12,28H,5,7,10H2,1H3,(H,26,31)(H,27,30)/t12-/m0/s1. The molecule has 0 aliphatic carbocycles. The van der Waals surface area contributed by atoms with E-state index in [2.05, 4.69) is 15.3 Å². The van der Waals surface area contributed by atoms with Gasteiger partial charge in [0.05, 0.1) is 17.2 Å². The highest BCUT2D eigenvalue weighted by Gasteiger charge is 2.32. The van der Waals surface area contributed by atoms with Gasteiger partial charge in [0.2, 0.25) is 5.91 Å². The number of carbonyl (C=O) groups excluding carboxylic acids is 2. The van der Waals surface area contributed by atoms with Gasteiger partial charge >= 0.3 is 0 Å². The van der Waals surface area contributed by atoms with Crippen LogP contribution in [0.5, 0.6) is 0 Å². The molecule has 1 aromatic carbocycles. The molecular formula is C22H19F3N4O3. The van der Waals surface area contributed by atoms with Gasteiger partial charge in [0.1, 0.15) is 5.69 Å². The first-order chi connectivity index (χ1) is 15.2. The van der Waals surface area contributed by atoms with Crippen LogP contribution in [0.15, 0.2) is 41.3 Å². The Morgan fingerprint density at radius 3 is 2.53 bits per heavy atom. The molecule has 7 nitrogen and oxygen atoms in total. The Morgan fingerprint density at radius 2 is 1.84 bits per heavy atom. The van der Waals surface area contributed by atoms with Gasteiger partial charge in [-0.2, -0.15) is 0 Å². The third-order valence-electron chi connectivity index (χ3n) is 5.45. The van der Waals surface area contributed by atoms with E-state index >= 15 is 0 Å². The highest BCUT2D eigenvalue weighted by Crippen LogP contribution is 2.24. The molecule has 3 N–H and O–H groups in total. The molecule has 32 heavy (non-hydrogen) atoms. The smallest absolute Gasteiger partial charge is 0.270 e. The average Bonchev–Trinajstić information content (AvgIpc) is 3.42. The molecule has 2 aromatic heterocycles. The fraction of sp³-hybridized carbons (Fsp3) is 0.227. The third kappa shape index (κ3) is 4.03. The number of benzene rings is 1. The monoisotopic (exact) mass is 444 g/mol. The topological polar surface area (TPSA) is 98.1 Å². The zero-order valence-corrected chi connectivity index (χ0v) is 17.0. The number of pyridine rings is 1. The first-order valence-corrected chi connectivity index (χ1v) is 9.87. The van der Waals surface area contributed by atoms with Crippen molar-refractivity contribution in [1.82, 2.24) is 14.9 Å². The summed E-state index contributed by atoms with van der Waals surface area (Å²) in [5.41, 5.74) is 1.48. The summed E-state index contributed by atoms with van der Waals surface area (Å²) in [6, 6.07) is 6.36. The number of hydrogen-bond donors (Lipinski definition) is 3. The van der Waals surface area contributed by atoms with Crippen LogP contribution in [0.1, 0.15) is 22.5 Å². The van der Waals surface area contributed by atoms with Crippen LogP contribution < -0.4 is 10.9 Å². The van der Waals surface area contributed by atoms with Crippen molar-refractivity contribution in [1.29, 1.82) is 0 Å². The van der Waals surface area contributed by atoms with E-state index in [0.717, 1.165) is 5.56 Å². The predicted molar refractivity (Wildman–Crippen MR) is 111 cm³/mol. The van der Waals surface area contributed by atoms with Crippen LogP contribution in [-0.2, 0) is 4.79 Å². The number of nitrogens with zero attached hydrogens (tertiary/aromatic N) is 1. The number of aromatic nitrogens is 2. The molecule has 166 valence electrons. The van der Waals surface area contributed by atoms with Crippen molar-refractivity contribution in [2.75, 3.05) is 18.4 Å². The molecule has 0 saturated carbocycles. The Labute approximate surface area is 180 Å². The Morgan fingerprint density at radius 1 is 1.12 bits per heavy atom. The summed E-state index contributed by atoms with van der Waals surface area (Å²) in [4.78, 5) is 44.5. The molecule has 10 heteroatoms. The van der Waals surface area contributed by atoms with Crippen LogP contribution in [0.4, 0.5) is 18.9 Å². The Kier molecular flexibility index (Phi) is 5.60. The lowest BCUT2D eigenvalue weighted by Gasteiger charge is -2.16. The maximum atomic E-state index is 13.4. The normalized spacial score (nSPS) is 15.8. The second-order valence-electron chi connectivity index (χ2n) is 7.63. The quantitative estimate of drug-likeness (QED) is 0.539. The molecule has 2 amide bonds. The van der Waals surface area contributed by atoms with E-state index in [9.17, 15) is 27.6 Å². The molecule has 1 saturated heterocycles. The van der Waals surface area contributed by atoms with Crippen molar-refractivity contribution in [3.8, 4) is 11.3 Å². The van der Waals surface area contributed by atoms with Crippen molar-refractivity contribution in [2.45, 2.75) is 13.3 Å². The zero-order valence-electron chi connectivity index (χ0n) is 17.0. The molecule has 4 rings (SSSR count). The molecule has 3 heterocycles. The predicted octanol–water partition coefficient (Wildman–Crippen LogP) is 3.20. The molecule has 1 atom stereocenters. The summed E-state index contributed by atoms with van der Waals surface area (Å²) in [5.74, 6) is -5.88. The van der Waals surface area contributed by atoms with Gasteiger partial charge in [0, 0.05) is 37.1 Å². The summed E-state index contributed by atoms with van der Waals surface area (Å²) in [5, 5.41) is 2.36. The lowest BCUT2D eigenvalue weighted by atomic mass is 10.1. The molecule has 0 bridgehead atoms. The van der Waals surface area contributed by atoms with Crippen LogP contribution in [0.2, 0.25) is 0 Å². The summed E-state index contributed by atoms with van der Waals surface area (Å²) in [6.07, 6.45) is 1.90. The maximum absolute atomic E-state index is 13.4. The van der Waals surface area contributed by atoms with Gasteiger partial charge in [-0.25, -0.2) is 13.2 Å². The van der Waals surface area contributed by atoms with Gasteiger partial charge < -0.3 is 20.2 Å². The van der Waals surface area contributed by atoms with Gasteiger partial charge in [0.15, 0.2) is 17.5 Å². The first-order valence-electron chi connectivity index (χ1n) is 9.87. The summed E-state index contributed by atoms with van der Waals surface area (Å²) < 4.78 is 39.8. The van der Waals surface area contributed by atoms with Crippen molar-refractivity contribution in [3.05, 3.63) is 75.6 Å². The second kappa shape index (κ2) is 8.37. The average molecular weight is 444 g/mol. The van der Waals surface area contributed by atoms with E-state index in [-0.39, 0.29) is 29.4 Å². The highest BCUT2D eigenvalue weighted by molar-refractivity contribution is 5.96. The first kappa shape index (κ1) is 21.4. The minimum absolute atomic E-state index is 0.107. The number of H-pyrrole nitrogens is 2. The van der Waals surface area contributed by atoms with Crippen LogP contribution in [-0.4, -0.2) is 39.8 Å². The van der Waals surface area contributed by atoms with Gasteiger partial charge in [-0.05, 0) is 37.1 Å². The van der Waals surface area contributed by atoms with Gasteiger partial charge in [-0.3, -0.25) is 14.4 Å². The highest BCUT2D eigenvalue weighted by atomic mass is 19.2. The molecule has 1 aliphatic heterocycles. The Hall–Kier alpha value is -3.82. The second-order valence-corrected chi connectivity index (χ2v) is 7.63. The fourth-order valence-corrected chi connectivity index (χ4v) is 3.78. The van der Waals surface area contributed by atoms with Gasteiger partial charge in [-0.15, -0.1) is 0 Å².